The first kappa shape index (κ1) is 17.7. The lowest BCUT2D eigenvalue weighted by molar-refractivity contribution is -0.386. The molecule has 1 aromatic carbocycles. The van der Waals surface area contributed by atoms with Crippen LogP contribution in [0.5, 0.6) is 0 Å². The molecular weight excluding hydrogens is 340 g/mol. The summed E-state index contributed by atoms with van der Waals surface area (Å²) in [6.07, 6.45) is 1.42. The SMILES string of the molecule is CCOC(=O)/C(=C(/C)O)c1c([N+](=O)[O-])c(=O)n2c3c(cccc13)CCC2. The average Bonchev–Trinajstić information content (AvgIpc) is 2.58. The van der Waals surface area contributed by atoms with Gasteiger partial charge in [-0.3, -0.25) is 14.9 Å². The lowest BCUT2D eigenvalue weighted by atomic mass is 9.93. The van der Waals surface area contributed by atoms with Crippen molar-refractivity contribution in [2.45, 2.75) is 33.2 Å². The van der Waals surface area contributed by atoms with Crippen molar-refractivity contribution >= 4 is 28.1 Å². The molecule has 3 rings (SSSR count). The number of allylic oxidation sites excluding steroid dienone is 1. The predicted molar refractivity (Wildman–Crippen MR) is 95.0 cm³/mol. The molecule has 2 aromatic rings. The van der Waals surface area contributed by atoms with Gasteiger partial charge in [-0.25, -0.2) is 4.79 Å². The highest BCUT2D eigenvalue weighted by atomic mass is 16.6. The largest absolute Gasteiger partial charge is 0.512 e. The number of aryl methyl sites for hydroxylation is 2. The van der Waals surface area contributed by atoms with Gasteiger partial charge in [0.15, 0.2) is 0 Å². The van der Waals surface area contributed by atoms with Crippen LogP contribution < -0.4 is 5.56 Å². The number of aliphatic hydroxyl groups is 1. The number of hydrogen-bond donors (Lipinski definition) is 1. The zero-order valence-electron chi connectivity index (χ0n) is 14.4. The van der Waals surface area contributed by atoms with Gasteiger partial charge in [0.2, 0.25) is 0 Å². The van der Waals surface area contributed by atoms with E-state index in [0.29, 0.717) is 23.9 Å². The standard InChI is InChI=1S/C18H18N2O6/c1-3-26-18(23)13(10(2)21)14-12-8-4-6-11-7-5-9-19(15(11)12)17(22)16(14)20(24)25/h4,6,8,21H,3,5,7,9H2,1-2H3/b13-10-. The van der Waals surface area contributed by atoms with E-state index in [1.54, 1.807) is 19.1 Å². The van der Waals surface area contributed by atoms with Crippen LogP contribution in [0.25, 0.3) is 16.5 Å². The molecule has 0 saturated heterocycles. The number of aliphatic hydroxyl groups excluding tert-OH is 1. The number of ether oxygens (including phenoxy) is 1. The fourth-order valence-corrected chi connectivity index (χ4v) is 3.47. The average molecular weight is 358 g/mol. The summed E-state index contributed by atoms with van der Waals surface area (Å²) in [5, 5.41) is 22.2. The molecule has 26 heavy (non-hydrogen) atoms. The molecule has 136 valence electrons. The van der Waals surface area contributed by atoms with Crippen LogP contribution >= 0.6 is 0 Å². The highest BCUT2D eigenvalue weighted by Gasteiger charge is 2.34. The molecule has 0 amide bonds. The van der Waals surface area contributed by atoms with Gasteiger partial charge in [0.05, 0.1) is 22.6 Å². The van der Waals surface area contributed by atoms with Gasteiger partial charge in [-0.1, -0.05) is 18.2 Å². The summed E-state index contributed by atoms with van der Waals surface area (Å²) in [4.78, 5) is 36.1. The van der Waals surface area contributed by atoms with Gasteiger partial charge in [-0.15, -0.1) is 0 Å². The second-order valence-corrected chi connectivity index (χ2v) is 6.04. The molecule has 0 bridgehead atoms. The number of benzene rings is 1. The Bertz CT molecular complexity index is 1010. The van der Waals surface area contributed by atoms with Crippen molar-refractivity contribution in [3.8, 4) is 0 Å². The van der Waals surface area contributed by atoms with Gasteiger partial charge in [-0.2, -0.15) is 0 Å². The zero-order chi connectivity index (χ0) is 19.0. The number of esters is 1. The lowest BCUT2D eigenvalue weighted by Gasteiger charge is -2.21. The summed E-state index contributed by atoms with van der Waals surface area (Å²) < 4.78 is 6.34. The molecule has 1 aliphatic rings. The molecule has 0 aliphatic carbocycles. The fraction of sp³-hybridized carbons (Fsp3) is 0.333. The number of nitro groups is 1. The Kier molecular flexibility index (Phi) is 4.50. The van der Waals surface area contributed by atoms with Crippen molar-refractivity contribution < 1.29 is 19.6 Å². The normalized spacial score (nSPS) is 14.1. The van der Waals surface area contributed by atoms with Gasteiger partial charge >= 0.3 is 17.2 Å². The first-order valence-corrected chi connectivity index (χ1v) is 8.28. The number of aromatic nitrogens is 1. The minimum atomic E-state index is -0.906. The number of hydrogen-bond acceptors (Lipinski definition) is 6. The van der Waals surface area contributed by atoms with Gasteiger partial charge in [0, 0.05) is 11.9 Å². The summed E-state index contributed by atoms with van der Waals surface area (Å²) in [6.45, 7) is 3.22. The van der Waals surface area contributed by atoms with E-state index in [2.05, 4.69) is 0 Å². The maximum atomic E-state index is 12.8. The van der Waals surface area contributed by atoms with E-state index in [-0.39, 0.29) is 17.7 Å². The molecule has 8 heteroatoms. The second kappa shape index (κ2) is 6.62. The summed E-state index contributed by atoms with van der Waals surface area (Å²) >= 11 is 0. The Balaban J connectivity index is 2.53. The number of carbonyl (C=O) groups is 1. The summed E-state index contributed by atoms with van der Waals surface area (Å²) in [5.41, 5.74) is -0.618. The summed E-state index contributed by atoms with van der Waals surface area (Å²) in [7, 11) is 0. The van der Waals surface area contributed by atoms with Gasteiger partial charge in [-0.05, 0) is 32.3 Å². The van der Waals surface area contributed by atoms with Crippen LogP contribution in [0.2, 0.25) is 0 Å². The van der Waals surface area contributed by atoms with Crippen LogP contribution in [0.4, 0.5) is 5.69 Å². The van der Waals surface area contributed by atoms with E-state index in [1.165, 1.54) is 11.5 Å². The number of nitrogens with zero attached hydrogens (tertiary/aromatic N) is 2. The summed E-state index contributed by atoms with van der Waals surface area (Å²) in [5.74, 6) is -1.34. The molecule has 0 saturated carbocycles. The van der Waals surface area contributed by atoms with E-state index < -0.39 is 27.9 Å². The van der Waals surface area contributed by atoms with Crippen molar-refractivity contribution in [1.29, 1.82) is 0 Å². The smallest absolute Gasteiger partial charge is 0.342 e. The molecule has 1 aliphatic heterocycles. The Morgan fingerprint density at radius 1 is 1.42 bits per heavy atom. The topological polar surface area (TPSA) is 112 Å². The van der Waals surface area contributed by atoms with Crippen molar-refractivity contribution in [3.63, 3.8) is 0 Å². The Labute approximate surface area is 148 Å². The molecule has 1 N–H and O–H groups in total. The van der Waals surface area contributed by atoms with Crippen LogP contribution in [0, 0.1) is 10.1 Å². The van der Waals surface area contributed by atoms with E-state index in [1.807, 2.05) is 6.07 Å². The highest BCUT2D eigenvalue weighted by molar-refractivity contribution is 6.22. The van der Waals surface area contributed by atoms with E-state index in [4.69, 9.17) is 4.74 Å². The number of rotatable bonds is 4. The molecule has 0 atom stereocenters. The van der Waals surface area contributed by atoms with Crippen molar-refractivity contribution in [1.82, 2.24) is 4.57 Å². The van der Waals surface area contributed by atoms with Crippen LogP contribution in [-0.4, -0.2) is 27.2 Å². The molecule has 8 nitrogen and oxygen atoms in total. The quantitative estimate of drug-likeness (QED) is 0.296. The third kappa shape index (κ3) is 2.63. The molecule has 2 heterocycles. The zero-order valence-corrected chi connectivity index (χ0v) is 14.4. The van der Waals surface area contributed by atoms with Crippen molar-refractivity contribution in [3.05, 3.63) is 55.6 Å². The maximum absolute atomic E-state index is 12.8. The Morgan fingerprint density at radius 2 is 2.15 bits per heavy atom. The molecule has 0 fully saturated rings. The van der Waals surface area contributed by atoms with Crippen LogP contribution in [-0.2, 0) is 22.5 Å². The number of carbonyl (C=O) groups excluding carboxylic acids is 1. The number of para-hydroxylation sites is 1. The van der Waals surface area contributed by atoms with Gasteiger partial charge in [0.1, 0.15) is 11.3 Å². The molecule has 0 spiro atoms. The van der Waals surface area contributed by atoms with Crippen LogP contribution in [0.1, 0.15) is 31.4 Å². The van der Waals surface area contributed by atoms with Crippen molar-refractivity contribution in [2.24, 2.45) is 0 Å². The number of pyridine rings is 1. The third-order valence-corrected chi connectivity index (χ3v) is 4.45. The molecule has 0 radical (unpaired) electrons. The fourth-order valence-electron chi connectivity index (χ4n) is 3.47. The minimum Gasteiger partial charge on any atom is -0.512 e. The maximum Gasteiger partial charge on any atom is 0.342 e. The lowest BCUT2D eigenvalue weighted by Crippen LogP contribution is -2.28. The van der Waals surface area contributed by atoms with Gasteiger partial charge < -0.3 is 14.4 Å². The minimum absolute atomic E-state index is 0.0314. The van der Waals surface area contributed by atoms with E-state index in [9.17, 15) is 24.8 Å². The summed E-state index contributed by atoms with van der Waals surface area (Å²) in [6, 6.07) is 5.19. The van der Waals surface area contributed by atoms with Crippen molar-refractivity contribution in [2.75, 3.05) is 6.61 Å². The second-order valence-electron chi connectivity index (χ2n) is 6.04. The highest BCUT2D eigenvalue weighted by Crippen LogP contribution is 2.36. The van der Waals surface area contributed by atoms with Crippen LogP contribution in [0.3, 0.4) is 0 Å². The Hall–Kier alpha value is -3.16. The van der Waals surface area contributed by atoms with Crippen LogP contribution in [0.15, 0.2) is 28.8 Å². The predicted octanol–water partition coefficient (Wildman–Crippen LogP) is 2.71. The van der Waals surface area contributed by atoms with E-state index >= 15 is 0 Å². The molecular formula is C18H18N2O6. The first-order chi connectivity index (χ1) is 12.4. The third-order valence-electron chi connectivity index (χ3n) is 4.45. The molecule has 0 unspecified atom stereocenters. The van der Waals surface area contributed by atoms with E-state index in [0.717, 1.165) is 12.0 Å². The first-order valence-electron chi connectivity index (χ1n) is 8.28. The monoisotopic (exact) mass is 358 g/mol. The Morgan fingerprint density at radius 3 is 2.77 bits per heavy atom. The molecule has 1 aromatic heterocycles. The van der Waals surface area contributed by atoms with Gasteiger partial charge in [0.25, 0.3) is 0 Å².